The van der Waals surface area contributed by atoms with Crippen LogP contribution in [0.25, 0.3) is 6.08 Å². The molecule has 3 aromatic rings. The molecule has 3 aromatic carbocycles. The van der Waals surface area contributed by atoms with Gasteiger partial charge in [0.25, 0.3) is 0 Å². The molecule has 0 spiro atoms. The number of aryl methyl sites for hydroxylation is 1. The Bertz CT molecular complexity index is 1740. The van der Waals surface area contributed by atoms with Crippen molar-refractivity contribution in [3.8, 4) is 11.5 Å². The second-order valence-corrected chi connectivity index (χ2v) is 15.3. The fourth-order valence-corrected chi connectivity index (χ4v) is 5.33. The predicted octanol–water partition coefficient (Wildman–Crippen LogP) is 12.7. The van der Waals surface area contributed by atoms with E-state index in [0.717, 1.165) is 82.3 Å². The molecule has 338 valence electrons. The normalized spacial score (nSPS) is 10.6. The van der Waals surface area contributed by atoms with Crippen LogP contribution in [0, 0.1) is 5.41 Å². The number of carbonyl (C=O) groups excluding carboxylic acids is 4. The number of rotatable bonds is 23. The third-order valence-corrected chi connectivity index (χ3v) is 9.07. The van der Waals surface area contributed by atoms with E-state index in [9.17, 15) is 24.0 Å². The van der Waals surface area contributed by atoms with Crippen molar-refractivity contribution in [1.29, 1.82) is 0 Å². The minimum Gasteiger partial charge on any atom is -0.478 e. The number of esters is 4. The van der Waals surface area contributed by atoms with Crippen molar-refractivity contribution < 1.29 is 48.0 Å². The Morgan fingerprint density at radius 2 is 1.08 bits per heavy atom. The lowest BCUT2D eigenvalue weighted by Crippen LogP contribution is -2.26. The highest BCUT2D eigenvalue weighted by molar-refractivity contribution is 6.92. The fourth-order valence-electron chi connectivity index (χ4n) is 5.33. The predicted molar refractivity (Wildman–Crippen MR) is 250 cm³/mol. The van der Waals surface area contributed by atoms with E-state index in [1.807, 2.05) is 32.9 Å². The summed E-state index contributed by atoms with van der Waals surface area (Å²) in [6, 6.07) is 17.4. The summed E-state index contributed by atoms with van der Waals surface area (Å²) in [6.45, 7) is 17.0. The van der Waals surface area contributed by atoms with Crippen molar-refractivity contribution in [1.82, 2.24) is 0 Å². The van der Waals surface area contributed by atoms with Crippen molar-refractivity contribution in [3.63, 3.8) is 0 Å². The summed E-state index contributed by atoms with van der Waals surface area (Å²) in [6.07, 6.45) is 16.3. The maximum absolute atomic E-state index is 13.3. The number of carboxylic acids is 1. The van der Waals surface area contributed by atoms with Crippen LogP contribution in [0.3, 0.4) is 0 Å². The number of hydrogen-bond acceptors (Lipinski definition) is 9. The van der Waals surface area contributed by atoms with Gasteiger partial charge in [-0.2, -0.15) is 9.90 Å². The highest BCUT2D eigenvalue weighted by Crippen LogP contribution is 2.28. The Balaban J connectivity index is 0.00000484. The van der Waals surface area contributed by atoms with Crippen LogP contribution in [-0.4, -0.2) is 48.2 Å². The summed E-state index contributed by atoms with van der Waals surface area (Å²) in [5, 5.41) is 8.83. The Labute approximate surface area is 368 Å². The molecule has 1 unspecified atom stereocenters. The van der Waals surface area contributed by atoms with Crippen LogP contribution in [-0.2, 0) is 25.5 Å². The molecule has 0 fully saturated rings. The molecule has 1 N–H and O–H groups in total. The van der Waals surface area contributed by atoms with Crippen LogP contribution in [0.2, 0.25) is 0 Å². The third-order valence-electron chi connectivity index (χ3n) is 9.07. The van der Waals surface area contributed by atoms with E-state index in [0.29, 0.717) is 24.2 Å². The Kier molecular flexibility index (Phi) is 30.3. The molecule has 1 atom stereocenters. The number of benzene rings is 3. The lowest BCUT2D eigenvalue weighted by molar-refractivity contribution is -0.154. The van der Waals surface area contributed by atoms with Crippen LogP contribution in [0.4, 0.5) is 0 Å². The first kappa shape index (κ1) is 56.2. The van der Waals surface area contributed by atoms with Gasteiger partial charge in [0, 0.05) is 6.08 Å². The number of aliphatic carboxylic acids is 1. The van der Waals surface area contributed by atoms with Crippen LogP contribution >= 0.6 is 9.90 Å². The minimum atomic E-state index is -1.09. The molecule has 0 radical (unpaired) electrons. The molecule has 0 saturated carbocycles. The van der Waals surface area contributed by atoms with Crippen LogP contribution in [0.5, 0.6) is 11.5 Å². The molecule has 0 bridgehead atoms. The van der Waals surface area contributed by atoms with Gasteiger partial charge in [0.15, 0.2) is 0 Å². The summed E-state index contributed by atoms with van der Waals surface area (Å²) in [5.74, 6) is -3.26. The van der Waals surface area contributed by atoms with Crippen molar-refractivity contribution >= 4 is 45.8 Å². The second-order valence-electron chi connectivity index (χ2n) is 15.3. The van der Waals surface area contributed by atoms with Gasteiger partial charge < -0.3 is 24.1 Å². The molecule has 3 rings (SSSR count). The van der Waals surface area contributed by atoms with E-state index < -0.39 is 29.3 Å². The molecule has 0 amide bonds. The lowest BCUT2D eigenvalue weighted by Gasteiger charge is -2.20. The first-order chi connectivity index (χ1) is 28.8. The molecule has 0 heterocycles. The summed E-state index contributed by atoms with van der Waals surface area (Å²) >= 11 is 0. The number of hydrogen-bond donors (Lipinski definition) is 1. The molecular weight excluding hydrogens is 792 g/mol. The van der Waals surface area contributed by atoms with Gasteiger partial charge in [-0.25, -0.2) is 19.2 Å². The van der Waals surface area contributed by atoms with Crippen molar-refractivity contribution in [2.75, 3.05) is 13.2 Å². The zero-order valence-electron chi connectivity index (χ0n) is 38.1. The summed E-state index contributed by atoms with van der Waals surface area (Å²) < 4.78 is 22.1. The molecule has 0 aliphatic heterocycles. The largest absolute Gasteiger partial charge is 0.478 e. The third kappa shape index (κ3) is 23.7. The Morgan fingerprint density at radius 1 is 0.607 bits per heavy atom. The molecule has 0 aliphatic carbocycles. The van der Waals surface area contributed by atoms with Gasteiger partial charge in [-0.05, 0) is 99.2 Å². The number of carbonyl (C=O) groups is 5. The van der Waals surface area contributed by atoms with Crippen molar-refractivity contribution in [2.24, 2.45) is 5.41 Å². The Hall–Kier alpha value is -4.82. The van der Waals surface area contributed by atoms with Gasteiger partial charge >= 0.3 is 29.8 Å². The fraction of sp³-hybridized carbons (Fsp3) is 0.500. The van der Waals surface area contributed by atoms with E-state index in [4.69, 9.17) is 24.1 Å². The monoisotopic (exact) mass is 864 g/mol. The van der Waals surface area contributed by atoms with Crippen molar-refractivity contribution in [2.45, 2.75) is 145 Å². The molecule has 0 aliphatic rings. The van der Waals surface area contributed by atoms with E-state index in [-0.39, 0.29) is 45.1 Å². The lowest BCUT2D eigenvalue weighted by atomic mass is 9.91. The number of carboxylic acid groups (broad SMARTS) is 1. The first-order valence-electron chi connectivity index (χ1n) is 21.8. The molecule has 0 saturated heterocycles. The van der Waals surface area contributed by atoms with E-state index >= 15 is 0 Å². The smallest absolute Gasteiger partial charge is 0.343 e. The maximum Gasteiger partial charge on any atom is 0.343 e. The van der Waals surface area contributed by atoms with E-state index in [1.165, 1.54) is 49.2 Å². The highest BCUT2D eigenvalue weighted by Gasteiger charge is 2.26. The van der Waals surface area contributed by atoms with Gasteiger partial charge in [-0.15, -0.1) is 0 Å². The molecule has 11 heteroatoms. The SMILES string of the molecule is CCC.CCC.CCCc1ccc(C(=O)Oc2ccc(OC(=O)c3ccc(/C=C/C(=O)O)cc3)cc2C(=O)OCCCCCCCCCCCOC(=O)C(C)(C)CC)cc1.P. The van der Waals surface area contributed by atoms with E-state index in [2.05, 4.69) is 34.6 Å². The van der Waals surface area contributed by atoms with E-state index in [1.54, 1.807) is 24.3 Å². The zero-order chi connectivity index (χ0) is 44.8. The van der Waals surface area contributed by atoms with Gasteiger partial charge in [-0.1, -0.05) is 130 Å². The van der Waals surface area contributed by atoms with Gasteiger partial charge in [0.2, 0.25) is 0 Å². The number of ether oxygens (including phenoxy) is 4. The quantitative estimate of drug-likeness (QED) is 0.0322. The molecule has 10 nitrogen and oxygen atoms in total. The summed E-state index contributed by atoms with van der Waals surface area (Å²) in [4.78, 5) is 62.1. The topological polar surface area (TPSA) is 142 Å². The molecule has 61 heavy (non-hydrogen) atoms. The zero-order valence-corrected chi connectivity index (χ0v) is 39.6. The maximum atomic E-state index is 13.3. The average Bonchev–Trinajstić information content (AvgIpc) is 3.23. The average molecular weight is 865 g/mol. The highest BCUT2D eigenvalue weighted by atomic mass is 31.0. The van der Waals surface area contributed by atoms with Crippen molar-refractivity contribution in [3.05, 3.63) is 101 Å². The summed E-state index contributed by atoms with van der Waals surface area (Å²) in [7, 11) is 0. The van der Waals surface area contributed by atoms with Crippen LogP contribution in [0.1, 0.15) is 181 Å². The van der Waals surface area contributed by atoms with Gasteiger partial charge in [0.05, 0.1) is 29.8 Å². The van der Waals surface area contributed by atoms with Crippen LogP contribution in [0.15, 0.2) is 72.8 Å². The Morgan fingerprint density at radius 3 is 1.57 bits per heavy atom. The van der Waals surface area contributed by atoms with Crippen LogP contribution < -0.4 is 9.47 Å². The number of unbranched alkanes of at least 4 members (excludes halogenated alkanes) is 8. The summed E-state index contributed by atoms with van der Waals surface area (Å²) in [5.41, 5.74) is 1.73. The second kappa shape index (κ2) is 32.9. The minimum absolute atomic E-state index is 0. The molecule has 0 aromatic heterocycles. The molecular formula is C50H73O10P. The first-order valence-corrected chi connectivity index (χ1v) is 21.8. The van der Waals surface area contributed by atoms with Gasteiger partial charge in [0.1, 0.15) is 17.1 Å². The van der Waals surface area contributed by atoms with Gasteiger partial charge in [-0.3, -0.25) is 4.79 Å². The standard InChI is InChI=1S/C44H54O10.2C3H8.H3P/c1-5-16-32-17-22-35(23-18-32)41(48)54-38-27-26-36(53-40(47)34-24-19-33(20-25-34)21-28-39(45)46)31-37(38)42(49)51-29-14-12-10-8-7-9-11-13-15-30-52-43(50)44(3,4)6-2;2*1-3-2;/h17-28,31H,5-16,29-30H2,1-4H3,(H,45,46);2*3H2,1-2H3;1H3/b28-21+;;;.